The van der Waals surface area contributed by atoms with Crippen molar-refractivity contribution in [3.8, 4) is 0 Å². The van der Waals surface area contributed by atoms with Crippen LogP contribution in [-0.4, -0.2) is 32.0 Å². The van der Waals surface area contributed by atoms with Gasteiger partial charge in [0.1, 0.15) is 6.10 Å². The van der Waals surface area contributed by atoms with Gasteiger partial charge >= 0.3 is 5.97 Å². The van der Waals surface area contributed by atoms with E-state index in [0.717, 1.165) is 12.8 Å². The van der Waals surface area contributed by atoms with Crippen LogP contribution in [0.4, 0.5) is 0 Å². The first-order valence-electron chi connectivity index (χ1n) is 8.04. The number of hydrogen-bond acceptors (Lipinski definition) is 4. The summed E-state index contributed by atoms with van der Waals surface area (Å²) in [6.07, 6.45) is 4.21. The fourth-order valence-electron chi connectivity index (χ4n) is 4.78. The first-order valence-corrected chi connectivity index (χ1v) is 9.86. The maximum atomic E-state index is 12.2. The zero-order chi connectivity index (χ0) is 15.5. The Bertz CT molecular complexity index is 551. The van der Waals surface area contributed by atoms with E-state index in [4.69, 9.17) is 4.74 Å². The lowest BCUT2D eigenvalue weighted by molar-refractivity contribution is -0.157. The van der Waals surface area contributed by atoms with Crippen molar-refractivity contribution in [3.05, 3.63) is 0 Å². The maximum absolute atomic E-state index is 12.2. The van der Waals surface area contributed by atoms with Gasteiger partial charge < -0.3 is 4.74 Å². The summed E-state index contributed by atoms with van der Waals surface area (Å²) in [5, 5.41) is 0. The SMILES string of the molecule is CC1(C)C2CCC1(C)C(OC(=O)CC1CCS(=O)(=O)C1)C2. The standard InChI is InChI=1S/C16H26O4S/c1-15(2)12-4-6-16(15,3)13(9-12)20-14(17)8-11-5-7-21(18,19)10-11/h11-13H,4-10H2,1-3H3. The average molecular weight is 314 g/mol. The largest absolute Gasteiger partial charge is 0.462 e. The van der Waals surface area contributed by atoms with Gasteiger partial charge in [-0.1, -0.05) is 20.8 Å². The average Bonchev–Trinajstić information content (AvgIpc) is 2.86. The highest BCUT2D eigenvalue weighted by Gasteiger charge is 2.62. The molecule has 1 heterocycles. The number of sulfone groups is 1. The maximum Gasteiger partial charge on any atom is 0.306 e. The van der Waals surface area contributed by atoms with E-state index in [1.165, 1.54) is 6.42 Å². The highest BCUT2D eigenvalue weighted by molar-refractivity contribution is 7.91. The monoisotopic (exact) mass is 314 g/mol. The van der Waals surface area contributed by atoms with E-state index >= 15 is 0 Å². The molecular formula is C16H26O4S. The number of fused-ring (bicyclic) bond motifs is 2. The molecule has 3 fully saturated rings. The second kappa shape index (κ2) is 4.71. The van der Waals surface area contributed by atoms with Crippen LogP contribution in [0.2, 0.25) is 0 Å². The Morgan fingerprint density at radius 2 is 1.95 bits per heavy atom. The number of carbonyl (C=O) groups is 1. The molecule has 0 radical (unpaired) electrons. The highest BCUT2D eigenvalue weighted by atomic mass is 32.2. The van der Waals surface area contributed by atoms with Crippen molar-refractivity contribution < 1.29 is 17.9 Å². The molecule has 120 valence electrons. The topological polar surface area (TPSA) is 60.4 Å². The van der Waals surface area contributed by atoms with Crippen molar-refractivity contribution in [1.82, 2.24) is 0 Å². The van der Waals surface area contributed by atoms with Gasteiger partial charge in [-0.15, -0.1) is 0 Å². The van der Waals surface area contributed by atoms with E-state index in [1.54, 1.807) is 0 Å². The van der Waals surface area contributed by atoms with Crippen LogP contribution in [0.25, 0.3) is 0 Å². The van der Waals surface area contributed by atoms with Crippen LogP contribution < -0.4 is 0 Å². The molecule has 2 bridgehead atoms. The second-order valence-corrected chi connectivity index (χ2v) is 10.3. The molecule has 2 saturated carbocycles. The first kappa shape index (κ1) is 15.3. The van der Waals surface area contributed by atoms with Gasteiger partial charge in [-0.05, 0) is 42.9 Å². The van der Waals surface area contributed by atoms with Gasteiger partial charge in [0.05, 0.1) is 11.5 Å². The number of carbonyl (C=O) groups excluding carboxylic acids is 1. The summed E-state index contributed by atoms with van der Waals surface area (Å²) in [5.41, 5.74) is 0.309. The lowest BCUT2D eigenvalue weighted by Crippen LogP contribution is -2.38. The molecule has 3 rings (SSSR count). The molecule has 0 spiro atoms. The van der Waals surface area contributed by atoms with Crippen LogP contribution in [0.15, 0.2) is 0 Å². The number of esters is 1. The lowest BCUT2D eigenvalue weighted by Gasteiger charge is -2.38. The molecule has 4 nitrogen and oxygen atoms in total. The Labute approximate surface area is 127 Å². The molecule has 5 heteroatoms. The van der Waals surface area contributed by atoms with Gasteiger partial charge in [-0.2, -0.15) is 0 Å². The van der Waals surface area contributed by atoms with E-state index < -0.39 is 9.84 Å². The fourth-order valence-corrected chi connectivity index (χ4v) is 6.65. The van der Waals surface area contributed by atoms with Crippen LogP contribution in [0, 0.1) is 22.7 Å². The van der Waals surface area contributed by atoms with Gasteiger partial charge in [0.15, 0.2) is 9.84 Å². The summed E-state index contributed by atoms with van der Waals surface area (Å²) in [5.74, 6) is 0.778. The number of hydrogen-bond donors (Lipinski definition) is 0. The number of rotatable bonds is 3. The predicted molar refractivity (Wildman–Crippen MR) is 80.5 cm³/mol. The third-order valence-corrected chi connectivity index (χ3v) is 8.61. The molecule has 3 aliphatic rings. The fraction of sp³-hybridized carbons (Fsp3) is 0.938. The molecule has 4 atom stereocenters. The molecule has 0 aromatic heterocycles. The molecule has 0 amide bonds. The molecule has 0 aromatic carbocycles. The highest BCUT2D eigenvalue weighted by Crippen LogP contribution is 2.66. The van der Waals surface area contributed by atoms with Crippen molar-refractivity contribution in [3.63, 3.8) is 0 Å². The lowest BCUT2D eigenvalue weighted by atomic mass is 9.70. The first-order chi connectivity index (χ1) is 9.64. The normalized spacial score (nSPS) is 43.1. The minimum Gasteiger partial charge on any atom is -0.462 e. The molecule has 4 unspecified atom stereocenters. The van der Waals surface area contributed by atoms with E-state index in [9.17, 15) is 13.2 Å². The molecule has 1 aliphatic heterocycles. The van der Waals surface area contributed by atoms with Gasteiger partial charge in [0.2, 0.25) is 0 Å². The van der Waals surface area contributed by atoms with Crippen LogP contribution >= 0.6 is 0 Å². The van der Waals surface area contributed by atoms with Gasteiger partial charge in [0, 0.05) is 11.8 Å². The summed E-state index contributed by atoms with van der Waals surface area (Å²) in [6, 6.07) is 0. The van der Waals surface area contributed by atoms with Gasteiger partial charge in [-0.3, -0.25) is 4.79 Å². The van der Waals surface area contributed by atoms with Crippen molar-refractivity contribution >= 4 is 15.8 Å². The second-order valence-electron chi connectivity index (χ2n) is 8.06. The Balaban J connectivity index is 1.60. The zero-order valence-electron chi connectivity index (χ0n) is 13.2. The van der Waals surface area contributed by atoms with Crippen LogP contribution in [-0.2, 0) is 19.4 Å². The Kier molecular flexibility index (Phi) is 3.43. The Hall–Kier alpha value is -0.580. The molecular weight excluding hydrogens is 288 g/mol. The van der Waals surface area contributed by atoms with Crippen molar-refractivity contribution in [2.75, 3.05) is 11.5 Å². The zero-order valence-corrected chi connectivity index (χ0v) is 14.0. The third-order valence-electron chi connectivity index (χ3n) is 6.77. The smallest absolute Gasteiger partial charge is 0.306 e. The van der Waals surface area contributed by atoms with Gasteiger partial charge in [0.25, 0.3) is 0 Å². The summed E-state index contributed by atoms with van der Waals surface area (Å²) in [6.45, 7) is 6.84. The van der Waals surface area contributed by atoms with Crippen molar-refractivity contribution in [2.45, 2.75) is 59.0 Å². The molecule has 1 saturated heterocycles. The van der Waals surface area contributed by atoms with Crippen molar-refractivity contribution in [2.24, 2.45) is 22.7 Å². The van der Waals surface area contributed by atoms with Crippen molar-refractivity contribution in [1.29, 1.82) is 0 Å². The summed E-state index contributed by atoms with van der Waals surface area (Å²) in [4.78, 5) is 12.2. The van der Waals surface area contributed by atoms with Crippen LogP contribution in [0.5, 0.6) is 0 Å². The molecule has 21 heavy (non-hydrogen) atoms. The quantitative estimate of drug-likeness (QED) is 0.751. The summed E-state index contributed by atoms with van der Waals surface area (Å²) < 4.78 is 28.7. The third kappa shape index (κ3) is 2.41. The molecule has 2 aliphatic carbocycles. The summed E-state index contributed by atoms with van der Waals surface area (Å²) in [7, 11) is -2.92. The van der Waals surface area contributed by atoms with E-state index in [0.29, 0.717) is 12.3 Å². The number of ether oxygens (including phenoxy) is 1. The molecule has 0 N–H and O–H groups in total. The predicted octanol–water partition coefficient (Wildman–Crippen LogP) is 2.57. The van der Waals surface area contributed by atoms with Crippen LogP contribution in [0.1, 0.15) is 52.9 Å². The Morgan fingerprint density at radius 1 is 1.24 bits per heavy atom. The molecule has 0 aromatic rings. The van der Waals surface area contributed by atoms with E-state index in [-0.39, 0.29) is 46.7 Å². The van der Waals surface area contributed by atoms with Gasteiger partial charge in [-0.25, -0.2) is 8.42 Å². The minimum atomic E-state index is -2.92. The summed E-state index contributed by atoms with van der Waals surface area (Å²) >= 11 is 0. The Morgan fingerprint density at radius 3 is 2.43 bits per heavy atom. The van der Waals surface area contributed by atoms with E-state index in [1.807, 2.05) is 0 Å². The van der Waals surface area contributed by atoms with Crippen LogP contribution in [0.3, 0.4) is 0 Å². The van der Waals surface area contributed by atoms with E-state index in [2.05, 4.69) is 20.8 Å². The minimum absolute atomic E-state index is 0.0109.